The normalized spacial score (nSPS) is 20.6. The molecule has 118 valence electrons. The number of aryl methyl sites for hydroxylation is 1. The molecular weight excluding hydrogens is 316 g/mol. The summed E-state index contributed by atoms with van der Waals surface area (Å²) in [6, 6.07) is 0. The number of nitrogens with one attached hydrogen (secondary N) is 1. The molecule has 0 spiro atoms. The highest BCUT2D eigenvalue weighted by Gasteiger charge is 2.28. The number of ether oxygens (including phenoxy) is 1. The molecule has 9 heteroatoms. The van der Waals surface area contributed by atoms with Crippen LogP contribution in [-0.4, -0.2) is 63.8 Å². The van der Waals surface area contributed by atoms with E-state index in [1.807, 2.05) is 7.05 Å². The zero-order valence-corrected chi connectivity index (χ0v) is 13.5. The fraction of sp³-hybridized carbons (Fsp3) is 0.583. The minimum atomic E-state index is -3.86. The highest BCUT2D eigenvalue weighted by molar-refractivity contribution is 7.89. The maximum absolute atomic E-state index is 12.3. The third kappa shape index (κ3) is 3.80. The van der Waals surface area contributed by atoms with Crippen molar-refractivity contribution in [3.8, 4) is 0 Å². The topological polar surface area (TPSA) is 95.9 Å². The zero-order chi connectivity index (χ0) is 15.6. The number of carbonyl (C=O) groups is 1. The molecule has 7 nitrogen and oxygen atoms in total. The summed E-state index contributed by atoms with van der Waals surface area (Å²) in [5.41, 5.74) is 0.437. The van der Waals surface area contributed by atoms with E-state index >= 15 is 0 Å². The number of morpholine rings is 1. The van der Waals surface area contributed by atoms with Crippen LogP contribution in [-0.2, 0) is 14.8 Å². The number of hydrogen-bond acceptors (Lipinski definition) is 6. The van der Waals surface area contributed by atoms with Gasteiger partial charge in [-0.05, 0) is 24.9 Å². The highest BCUT2D eigenvalue weighted by Crippen LogP contribution is 2.26. The molecule has 0 amide bonds. The van der Waals surface area contributed by atoms with Gasteiger partial charge in [0.1, 0.15) is 9.77 Å². The smallest absolute Gasteiger partial charge is 0.347 e. The second kappa shape index (κ2) is 6.41. The number of carboxylic acids is 1. The van der Waals surface area contributed by atoms with Crippen molar-refractivity contribution in [2.45, 2.75) is 17.9 Å². The van der Waals surface area contributed by atoms with Gasteiger partial charge in [0.2, 0.25) is 10.0 Å². The number of nitrogens with zero attached hydrogens (tertiary/aromatic N) is 1. The van der Waals surface area contributed by atoms with E-state index < -0.39 is 16.0 Å². The van der Waals surface area contributed by atoms with Crippen molar-refractivity contribution >= 4 is 27.3 Å². The Morgan fingerprint density at radius 3 is 2.95 bits per heavy atom. The lowest BCUT2D eigenvalue weighted by Crippen LogP contribution is -2.46. The number of likely N-dealkylation sites (N-methyl/N-ethyl adjacent to an activating group) is 1. The van der Waals surface area contributed by atoms with Crippen LogP contribution in [0.25, 0.3) is 0 Å². The van der Waals surface area contributed by atoms with Crippen molar-refractivity contribution in [3.63, 3.8) is 0 Å². The second-order valence-corrected chi connectivity index (χ2v) is 7.57. The van der Waals surface area contributed by atoms with E-state index in [4.69, 9.17) is 9.84 Å². The second-order valence-electron chi connectivity index (χ2n) is 4.99. The molecule has 2 N–H and O–H groups in total. The molecule has 1 aliphatic rings. The van der Waals surface area contributed by atoms with Crippen LogP contribution < -0.4 is 4.72 Å². The standard InChI is InChI=1S/C12H18N2O5S2/c1-8-7-20-10(12(15)16)11(8)21(17,18)13-5-9-6-14(2)3-4-19-9/h7,9,13H,3-6H2,1-2H3,(H,15,16). The maximum Gasteiger partial charge on any atom is 0.347 e. The van der Waals surface area contributed by atoms with Gasteiger partial charge in [-0.25, -0.2) is 17.9 Å². The average Bonchev–Trinajstić information content (AvgIpc) is 2.80. The summed E-state index contributed by atoms with van der Waals surface area (Å²) in [7, 11) is -1.92. The summed E-state index contributed by atoms with van der Waals surface area (Å²) in [6.45, 7) is 3.72. The molecule has 0 radical (unpaired) electrons. The Balaban J connectivity index is 2.12. The molecule has 1 fully saturated rings. The molecule has 1 aromatic rings. The Kier molecular flexibility index (Phi) is 4.99. The molecule has 1 aromatic heterocycles. The summed E-state index contributed by atoms with van der Waals surface area (Å²) in [4.78, 5) is 12.9. The molecule has 1 unspecified atom stereocenters. The van der Waals surface area contributed by atoms with E-state index in [9.17, 15) is 13.2 Å². The number of aromatic carboxylic acids is 1. The third-order valence-electron chi connectivity index (χ3n) is 3.22. The lowest BCUT2D eigenvalue weighted by molar-refractivity contribution is -0.0156. The van der Waals surface area contributed by atoms with E-state index in [0.29, 0.717) is 18.7 Å². The molecule has 1 saturated heterocycles. The number of thiophene rings is 1. The summed E-state index contributed by atoms with van der Waals surface area (Å²) < 4.78 is 32.6. The minimum Gasteiger partial charge on any atom is -0.477 e. The molecule has 0 bridgehead atoms. The van der Waals surface area contributed by atoms with E-state index in [1.54, 1.807) is 6.92 Å². The van der Waals surface area contributed by atoms with Gasteiger partial charge in [-0.1, -0.05) is 0 Å². The van der Waals surface area contributed by atoms with Gasteiger partial charge in [-0.15, -0.1) is 11.3 Å². The van der Waals surface area contributed by atoms with Crippen molar-refractivity contribution in [2.24, 2.45) is 0 Å². The van der Waals surface area contributed by atoms with Gasteiger partial charge in [0.15, 0.2) is 0 Å². The van der Waals surface area contributed by atoms with E-state index in [0.717, 1.165) is 17.9 Å². The fourth-order valence-electron chi connectivity index (χ4n) is 2.18. The predicted molar refractivity (Wildman–Crippen MR) is 78.4 cm³/mol. The lowest BCUT2D eigenvalue weighted by Gasteiger charge is -2.30. The number of sulfonamides is 1. The van der Waals surface area contributed by atoms with Crippen molar-refractivity contribution in [1.82, 2.24) is 9.62 Å². The maximum atomic E-state index is 12.3. The molecule has 1 atom stereocenters. The van der Waals surface area contributed by atoms with Crippen LogP contribution in [0.1, 0.15) is 15.2 Å². The first-order valence-electron chi connectivity index (χ1n) is 6.42. The number of hydrogen-bond donors (Lipinski definition) is 2. The first kappa shape index (κ1) is 16.4. The fourth-order valence-corrected chi connectivity index (χ4v) is 4.87. The summed E-state index contributed by atoms with van der Waals surface area (Å²) in [5.74, 6) is -1.23. The van der Waals surface area contributed by atoms with Gasteiger partial charge in [0.05, 0.1) is 12.7 Å². The number of carboxylic acid groups (broad SMARTS) is 1. The Morgan fingerprint density at radius 2 is 2.33 bits per heavy atom. The average molecular weight is 334 g/mol. The van der Waals surface area contributed by atoms with Crippen LogP contribution in [0.5, 0.6) is 0 Å². The largest absolute Gasteiger partial charge is 0.477 e. The zero-order valence-electron chi connectivity index (χ0n) is 11.8. The summed E-state index contributed by atoms with van der Waals surface area (Å²) in [5, 5.41) is 10.6. The van der Waals surface area contributed by atoms with Crippen LogP contribution >= 0.6 is 11.3 Å². The first-order chi connectivity index (χ1) is 9.81. The molecule has 2 heterocycles. The minimum absolute atomic E-state index is 0.126. The third-order valence-corrected chi connectivity index (χ3v) is 6.05. The lowest BCUT2D eigenvalue weighted by atomic mass is 10.3. The van der Waals surface area contributed by atoms with Crippen LogP contribution in [0.4, 0.5) is 0 Å². The van der Waals surface area contributed by atoms with E-state index in [2.05, 4.69) is 9.62 Å². The van der Waals surface area contributed by atoms with Gasteiger partial charge >= 0.3 is 5.97 Å². The first-order valence-corrected chi connectivity index (χ1v) is 8.78. The Bertz CT molecular complexity index is 626. The monoisotopic (exact) mass is 334 g/mol. The SMILES string of the molecule is Cc1csc(C(=O)O)c1S(=O)(=O)NCC1CN(C)CCO1. The van der Waals surface area contributed by atoms with Gasteiger partial charge in [0, 0.05) is 19.6 Å². The van der Waals surface area contributed by atoms with Crippen LogP contribution in [0, 0.1) is 6.92 Å². The van der Waals surface area contributed by atoms with Crippen molar-refractivity contribution in [1.29, 1.82) is 0 Å². The quantitative estimate of drug-likeness (QED) is 0.807. The van der Waals surface area contributed by atoms with Crippen molar-refractivity contribution in [2.75, 3.05) is 33.3 Å². The van der Waals surface area contributed by atoms with E-state index in [-0.39, 0.29) is 22.4 Å². The Morgan fingerprint density at radius 1 is 1.62 bits per heavy atom. The Labute approximate surface area is 127 Å². The van der Waals surface area contributed by atoms with Gasteiger partial charge in [0.25, 0.3) is 0 Å². The molecule has 0 aromatic carbocycles. The Hall–Kier alpha value is -1.00. The van der Waals surface area contributed by atoms with Crippen molar-refractivity contribution < 1.29 is 23.1 Å². The van der Waals surface area contributed by atoms with Gasteiger partial charge in [-0.2, -0.15) is 0 Å². The van der Waals surface area contributed by atoms with Crippen molar-refractivity contribution in [3.05, 3.63) is 15.8 Å². The van der Waals surface area contributed by atoms with Crippen LogP contribution in [0.3, 0.4) is 0 Å². The predicted octanol–water partition coefficient (Wildman–Crippen LogP) is 0.364. The number of rotatable bonds is 5. The summed E-state index contributed by atoms with van der Waals surface area (Å²) in [6.07, 6.45) is -0.231. The molecule has 0 saturated carbocycles. The van der Waals surface area contributed by atoms with Gasteiger partial charge in [-0.3, -0.25) is 0 Å². The van der Waals surface area contributed by atoms with E-state index in [1.165, 1.54) is 5.38 Å². The molecular formula is C12H18N2O5S2. The van der Waals surface area contributed by atoms with Gasteiger partial charge < -0.3 is 14.7 Å². The van der Waals surface area contributed by atoms with Crippen LogP contribution in [0.2, 0.25) is 0 Å². The molecule has 2 rings (SSSR count). The highest BCUT2D eigenvalue weighted by atomic mass is 32.2. The molecule has 1 aliphatic heterocycles. The van der Waals surface area contributed by atoms with Crippen LogP contribution in [0.15, 0.2) is 10.3 Å². The molecule has 21 heavy (non-hydrogen) atoms. The summed E-state index contributed by atoms with van der Waals surface area (Å²) >= 11 is 0.915. The molecule has 0 aliphatic carbocycles.